The Kier molecular flexibility index (Phi) is 5.26. The predicted molar refractivity (Wildman–Crippen MR) is 78.6 cm³/mol. The van der Waals surface area contributed by atoms with Gasteiger partial charge in [0.2, 0.25) is 0 Å². The highest BCUT2D eigenvalue weighted by Crippen LogP contribution is 2.28. The molecule has 1 atom stereocenters. The van der Waals surface area contributed by atoms with Crippen molar-refractivity contribution in [3.05, 3.63) is 65.5 Å². The molecule has 0 aliphatic heterocycles. The maximum absolute atomic E-state index is 13.8. The van der Waals surface area contributed by atoms with E-state index in [9.17, 15) is 13.2 Å². The van der Waals surface area contributed by atoms with Crippen LogP contribution in [0.25, 0.3) is 0 Å². The van der Waals surface area contributed by atoms with Gasteiger partial charge in [-0.25, -0.2) is 13.2 Å². The van der Waals surface area contributed by atoms with Gasteiger partial charge in [0.25, 0.3) is 0 Å². The Morgan fingerprint density at radius 2 is 1.57 bits per heavy atom. The van der Waals surface area contributed by atoms with E-state index >= 15 is 0 Å². The summed E-state index contributed by atoms with van der Waals surface area (Å²) in [4.78, 5) is 0. The van der Waals surface area contributed by atoms with Crippen molar-refractivity contribution >= 4 is 5.69 Å². The van der Waals surface area contributed by atoms with Gasteiger partial charge in [-0.15, -0.1) is 0 Å². The SMILES string of the molecule is CCCCC(Nc1c(F)cccc1F)c1ccc(F)cc1. The van der Waals surface area contributed by atoms with Gasteiger partial charge < -0.3 is 5.32 Å². The number of unbranched alkanes of at least 4 members (excludes halogenated alkanes) is 1. The zero-order chi connectivity index (χ0) is 15.2. The monoisotopic (exact) mass is 293 g/mol. The second kappa shape index (κ2) is 7.16. The molecule has 0 aliphatic rings. The van der Waals surface area contributed by atoms with Gasteiger partial charge in [-0.1, -0.05) is 38.0 Å². The summed E-state index contributed by atoms with van der Waals surface area (Å²) in [5.41, 5.74) is 0.676. The van der Waals surface area contributed by atoms with Crippen molar-refractivity contribution in [2.75, 3.05) is 5.32 Å². The van der Waals surface area contributed by atoms with Crippen molar-refractivity contribution < 1.29 is 13.2 Å². The second-order valence-corrected chi connectivity index (χ2v) is 4.99. The van der Waals surface area contributed by atoms with Gasteiger partial charge in [0.15, 0.2) is 0 Å². The molecule has 0 heterocycles. The topological polar surface area (TPSA) is 12.0 Å². The summed E-state index contributed by atoms with van der Waals surface area (Å²) in [6, 6.07) is 9.50. The fourth-order valence-corrected chi connectivity index (χ4v) is 2.24. The van der Waals surface area contributed by atoms with Crippen LogP contribution in [0.3, 0.4) is 0 Å². The average Bonchev–Trinajstić information content (AvgIpc) is 2.47. The van der Waals surface area contributed by atoms with Gasteiger partial charge in [-0.3, -0.25) is 0 Å². The third kappa shape index (κ3) is 4.00. The number of halogens is 3. The van der Waals surface area contributed by atoms with Gasteiger partial charge in [0.1, 0.15) is 23.1 Å². The molecule has 21 heavy (non-hydrogen) atoms. The minimum absolute atomic E-state index is 0.136. The fourth-order valence-electron chi connectivity index (χ4n) is 2.24. The van der Waals surface area contributed by atoms with Gasteiger partial charge in [-0.2, -0.15) is 0 Å². The highest BCUT2D eigenvalue weighted by molar-refractivity contribution is 5.48. The summed E-state index contributed by atoms with van der Waals surface area (Å²) in [6.07, 6.45) is 2.60. The van der Waals surface area contributed by atoms with E-state index in [4.69, 9.17) is 0 Å². The molecule has 1 unspecified atom stereocenters. The zero-order valence-electron chi connectivity index (χ0n) is 11.9. The summed E-state index contributed by atoms with van der Waals surface area (Å²) >= 11 is 0. The van der Waals surface area contributed by atoms with Crippen LogP contribution in [-0.4, -0.2) is 0 Å². The Hall–Kier alpha value is -1.97. The Labute approximate surface area is 122 Å². The van der Waals surface area contributed by atoms with E-state index in [-0.39, 0.29) is 17.5 Å². The van der Waals surface area contributed by atoms with Gasteiger partial charge in [0, 0.05) is 0 Å². The standard InChI is InChI=1S/C17H18F3N/c1-2-3-7-16(12-8-10-13(18)11-9-12)21-17-14(19)5-4-6-15(17)20/h4-6,8-11,16,21H,2-3,7H2,1H3. The molecule has 2 aromatic rings. The lowest BCUT2D eigenvalue weighted by molar-refractivity contribution is 0.571. The number of hydrogen-bond donors (Lipinski definition) is 1. The summed E-state index contributed by atoms with van der Waals surface area (Å²) in [5.74, 6) is -1.58. The van der Waals surface area contributed by atoms with E-state index in [1.165, 1.54) is 30.3 Å². The second-order valence-electron chi connectivity index (χ2n) is 4.99. The molecule has 0 bridgehead atoms. The quantitative estimate of drug-likeness (QED) is 0.747. The lowest BCUT2D eigenvalue weighted by atomic mass is 10.0. The van der Waals surface area contributed by atoms with Crippen molar-refractivity contribution in [2.45, 2.75) is 32.2 Å². The highest BCUT2D eigenvalue weighted by atomic mass is 19.1. The number of anilines is 1. The first-order valence-electron chi connectivity index (χ1n) is 7.08. The van der Waals surface area contributed by atoms with E-state index in [0.29, 0.717) is 0 Å². The molecule has 0 spiro atoms. The summed E-state index contributed by atoms with van der Waals surface area (Å²) in [5, 5.41) is 2.91. The van der Waals surface area contributed by atoms with Crippen molar-refractivity contribution in [3.8, 4) is 0 Å². The molecule has 0 amide bonds. The Morgan fingerprint density at radius 3 is 2.14 bits per heavy atom. The summed E-state index contributed by atoms with van der Waals surface area (Å²) in [6.45, 7) is 2.05. The van der Waals surface area contributed by atoms with Gasteiger partial charge in [0.05, 0.1) is 6.04 Å². The van der Waals surface area contributed by atoms with Crippen molar-refractivity contribution in [2.24, 2.45) is 0 Å². The van der Waals surface area contributed by atoms with E-state index in [1.807, 2.05) is 6.92 Å². The molecule has 4 heteroatoms. The number of benzene rings is 2. The van der Waals surface area contributed by atoms with Crippen LogP contribution in [0.1, 0.15) is 37.8 Å². The number of para-hydroxylation sites is 1. The van der Waals surface area contributed by atoms with E-state index < -0.39 is 11.6 Å². The Morgan fingerprint density at radius 1 is 0.952 bits per heavy atom. The third-order valence-electron chi connectivity index (χ3n) is 3.40. The summed E-state index contributed by atoms with van der Waals surface area (Å²) < 4.78 is 40.5. The Balaban J connectivity index is 2.26. The predicted octanol–water partition coefficient (Wildman–Crippen LogP) is 5.45. The minimum Gasteiger partial charge on any atom is -0.373 e. The number of rotatable bonds is 6. The third-order valence-corrected chi connectivity index (χ3v) is 3.40. The van der Waals surface area contributed by atoms with Crippen molar-refractivity contribution in [3.63, 3.8) is 0 Å². The first-order chi connectivity index (χ1) is 10.1. The molecule has 2 rings (SSSR count). The lowest BCUT2D eigenvalue weighted by Gasteiger charge is -2.21. The maximum atomic E-state index is 13.8. The van der Waals surface area contributed by atoms with Crippen LogP contribution >= 0.6 is 0 Å². The lowest BCUT2D eigenvalue weighted by Crippen LogP contribution is -2.13. The van der Waals surface area contributed by atoms with Crippen LogP contribution in [-0.2, 0) is 0 Å². The number of hydrogen-bond acceptors (Lipinski definition) is 1. The molecule has 0 saturated heterocycles. The molecule has 1 N–H and O–H groups in total. The van der Waals surface area contributed by atoms with Crippen molar-refractivity contribution in [1.29, 1.82) is 0 Å². The molecule has 0 aromatic heterocycles. The fraction of sp³-hybridized carbons (Fsp3) is 0.294. The first kappa shape index (κ1) is 15.4. The molecule has 112 valence electrons. The normalized spacial score (nSPS) is 12.2. The van der Waals surface area contributed by atoms with Crippen LogP contribution < -0.4 is 5.32 Å². The van der Waals surface area contributed by atoms with Crippen LogP contribution in [0.2, 0.25) is 0 Å². The molecular formula is C17H18F3N. The maximum Gasteiger partial charge on any atom is 0.149 e. The van der Waals surface area contributed by atoms with Gasteiger partial charge >= 0.3 is 0 Å². The van der Waals surface area contributed by atoms with Crippen LogP contribution in [0.5, 0.6) is 0 Å². The largest absolute Gasteiger partial charge is 0.373 e. The van der Waals surface area contributed by atoms with Crippen LogP contribution in [0.4, 0.5) is 18.9 Å². The van der Waals surface area contributed by atoms with E-state index in [2.05, 4.69) is 5.32 Å². The minimum atomic E-state index is -0.626. The molecule has 1 nitrogen and oxygen atoms in total. The van der Waals surface area contributed by atoms with Crippen LogP contribution in [0.15, 0.2) is 42.5 Å². The van der Waals surface area contributed by atoms with Gasteiger partial charge in [-0.05, 0) is 36.2 Å². The molecule has 2 aromatic carbocycles. The molecular weight excluding hydrogens is 275 g/mol. The molecule has 0 radical (unpaired) electrons. The number of nitrogens with one attached hydrogen (secondary N) is 1. The molecule has 0 fully saturated rings. The molecule has 0 saturated carbocycles. The zero-order valence-corrected chi connectivity index (χ0v) is 11.9. The Bertz CT molecular complexity index is 561. The van der Waals surface area contributed by atoms with E-state index in [1.54, 1.807) is 12.1 Å². The average molecular weight is 293 g/mol. The van der Waals surface area contributed by atoms with Crippen LogP contribution in [0, 0.1) is 17.5 Å². The van der Waals surface area contributed by atoms with E-state index in [0.717, 1.165) is 24.8 Å². The molecule has 0 aliphatic carbocycles. The summed E-state index contributed by atoms with van der Waals surface area (Å²) in [7, 11) is 0. The van der Waals surface area contributed by atoms with Crippen molar-refractivity contribution in [1.82, 2.24) is 0 Å². The smallest absolute Gasteiger partial charge is 0.149 e. The highest BCUT2D eigenvalue weighted by Gasteiger charge is 2.16. The first-order valence-corrected chi connectivity index (χ1v) is 7.08.